The van der Waals surface area contributed by atoms with Crippen LogP contribution in [0.5, 0.6) is 0 Å². The Bertz CT molecular complexity index is 803. The van der Waals surface area contributed by atoms with Crippen molar-refractivity contribution in [3.63, 3.8) is 0 Å². The van der Waals surface area contributed by atoms with Crippen molar-refractivity contribution in [2.24, 2.45) is 13.0 Å². The summed E-state index contributed by atoms with van der Waals surface area (Å²) in [5, 5.41) is 15.1. The van der Waals surface area contributed by atoms with E-state index < -0.39 is 0 Å². The van der Waals surface area contributed by atoms with Crippen LogP contribution in [0.25, 0.3) is 0 Å². The van der Waals surface area contributed by atoms with Crippen LogP contribution in [-0.4, -0.2) is 44.4 Å². The fraction of sp³-hybridized carbons (Fsp3) is 0.588. The maximum absolute atomic E-state index is 12.5. The van der Waals surface area contributed by atoms with Gasteiger partial charge in [-0.05, 0) is 42.2 Å². The summed E-state index contributed by atoms with van der Waals surface area (Å²) in [5.74, 6) is -0.0202. The molecule has 0 saturated carbocycles. The number of hydrogen-bond donors (Lipinski definition) is 1. The molecular formula is C17H25N5O3S2. The molecule has 10 heteroatoms. The van der Waals surface area contributed by atoms with Gasteiger partial charge in [-0.2, -0.15) is 0 Å². The van der Waals surface area contributed by atoms with Crippen LogP contribution in [0.4, 0.5) is 5.00 Å². The maximum Gasteiger partial charge on any atom is 0.341 e. The van der Waals surface area contributed by atoms with E-state index in [2.05, 4.69) is 34.7 Å². The minimum Gasteiger partial charge on any atom is -0.462 e. The van der Waals surface area contributed by atoms with Crippen molar-refractivity contribution < 1.29 is 14.3 Å². The first-order valence-corrected chi connectivity index (χ1v) is 10.6. The normalized spacial score (nSPS) is 12.0. The van der Waals surface area contributed by atoms with Gasteiger partial charge in [0.2, 0.25) is 11.1 Å². The zero-order chi connectivity index (χ0) is 20.0. The molecule has 0 aliphatic rings. The molecule has 0 aromatic carbocycles. The predicted octanol–water partition coefficient (Wildman–Crippen LogP) is 3.08. The molecule has 148 valence electrons. The number of rotatable bonds is 9. The Kier molecular flexibility index (Phi) is 7.78. The van der Waals surface area contributed by atoms with Crippen molar-refractivity contribution in [2.45, 2.75) is 45.7 Å². The zero-order valence-electron chi connectivity index (χ0n) is 16.2. The molecule has 0 unspecified atom stereocenters. The summed E-state index contributed by atoms with van der Waals surface area (Å²) in [6.07, 6.45) is 1.80. The van der Waals surface area contributed by atoms with Crippen molar-refractivity contribution >= 4 is 40.0 Å². The summed E-state index contributed by atoms with van der Waals surface area (Å²) in [6.45, 7) is 8.31. The minimum atomic E-state index is -0.388. The van der Waals surface area contributed by atoms with E-state index in [-0.39, 0.29) is 17.6 Å². The third kappa shape index (κ3) is 5.52. The number of nitrogens with zero attached hydrogens (tertiary/aromatic N) is 4. The summed E-state index contributed by atoms with van der Waals surface area (Å²) in [4.78, 5) is 26.0. The number of esters is 1. The third-order valence-corrected chi connectivity index (χ3v) is 6.18. The number of thioether (sulfide) groups is 1. The van der Waals surface area contributed by atoms with Gasteiger partial charge in [0.15, 0.2) is 0 Å². The Hall–Kier alpha value is -1.94. The molecule has 0 radical (unpaired) electrons. The van der Waals surface area contributed by atoms with Crippen LogP contribution in [0.3, 0.4) is 0 Å². The molecule has 2 rings (SSSR count). The van der Waals surface area contributed by atoms with Crippen molar-refractivity contribution in [1.82, 2.24) is 20.2 Å². The van der Waals surface area contributed by atoms with Gasteiger partial charge in [0.05, 0.1) is 17.9 Å². The largest absolute Gasteiger partial charge is 0.462 e. The Morgan fingerprint density at radius 3 is 2.70 bits per heavy atom. The maximum atomic E-state index is 12.5. The highest BCUT2D eigenvalue weighted by Crippen LogP contribution is 2.35. The van der Waals surface area contributed by atoms with Crippen molar-refractivity contribution in [3.05, 3.63) is 16.0 Å². The van der Waals surface area contributed by atoms with E-state index in [0.717, 1.165) is 23.3 Å². The Balaban J connectivity index is 2.18. The number of nitrogens with one attached hydrogen (secondary N) is 1. The lowest BCUT2D eigenvalue weighted by Gasteiger charge is -2.12. The van der Waals surface area contributed by atoms with Gasteiger partial charge in [-0.25, -0.2) is 9.48 Å². The lowest BCUT2D eigenvalue weighted by molar-refractivity contribution is -0.113. The monoisotopic (exact) mass is 411 g/mol. The van der Waals surface area contributed by atoms with Crippen molar-refractivity contribution in [3.8, 4) is 0 Å². The molecule has 1 N–H and O–H groups in total. The molecule has 0 fully saturated rings. The standard InChI is InChI=1S/C17H25N5O3S2/c1-6-10(3)8-12-11(4)27-15(14(12)16(24)25-7-2)18-13(23)9-26-17-19-20-21-22(17)5/h10H,6-9H2,1-5H3,(H,18,23)/t10-/m1/s1. The molecule has 0 spiro atoms. The summed E-state index contributed by atoms with van der Waals surface area (Å²) < 4.78 is 6.74. The zero-order valence-corrected chi connectivity index (χ0v) is 17.9. The smallest absolute Gasteiger partial charge is 0.341 e. The Labute approximate surface area is 167 Å². The van der Waals surface area contributed by atoms with Gasteiger partial charge in [0.25, 0.3) is 0 Å². The molecule has 0 aliphatic heterocycles. The molecule has 2 heterocycles. The second kappa shape index (κ2) is 9.84. The number of hydrogen-bond acceptors (Lipinski definition) is 8. The summed E-state index contributed by atoms with van der Waals surface area (Å²) in [5.41, 5.74) is 1.45. The van der Waals surface area contributed by atoms with Gasteiger partial charge in [-0.15, -0.1) is 16.4 Å². The number of thiophene rings is 1. The van der Waals surface area contributed by atoms with Crippen LogP contribution in [0, 0.1) is 12.8 Å². The van der Waals surface area contributed by atoms with E-state index in [1.54, 1.807) is 14.0 Å². The summed E-state index contributed by atoms with van der Waals surface area (Å²) >= 11 is 2.65. The number of carbonyl (C=O) groups excluding carboxylic acids is 2. The molecule has 8 nitrogen and oxygen atoms in total. The highest BCUT2D eigenvalue weighted by atomic mass is 32.2. The fourth-order valence-electron chi connectivity index (χ4n) is 2.46. The lowest BCUT2D eigenvalue weighted by atomic mass is 9.96. The third-order valence-electron chi connectivity index (χ3n) is 4.10. The SMILES string of the molecule is CCOC(=O)c1c(NC(=O)CSc2nnnn2C)sc(C)c1C[C@H](C)CC. The Morgan fingerprint density at radius 2 is 2.11 bits per heavy atom. The molecule has 0 aliphatic carbocycles. The average Bonchev–Trinajstić information content (AvgIpc) is 3.16. The van der Waals surface area contributed by atoms with Gasteiger partial charge in [0, 0.05) is 11.9 Å². The second-order valence-corrected chi connectivity index (χ2v) is 8.37. The first-order valence-electron chi connectivity index (χ1n) is 8.81. The molecule has 2 aromatic heterocycles. The topological polar surface area (TPSA) is 99.0 Å². The first kappa shape index (κ1) is 21.4. The second-order valence-electron chi connectivity index (χ2n) is 6.20. The van der Waals surface area contributed by atoms with Crippen LogP contribution in [0.15, 0.2) is 5.16 Å². The number of amides is 1. The molecular weight excluding hydrogens is 386 g/mol. The first-order chi connectivity index (χ1) is 12.9. The number of aryl methyl sites for hydroxylation is 2. The van der Waals surface area contributed by atoms with Gasteiger partial charge >= 0.3 is 5.97 Å². The number of anilines is 1. The highest BCUT2D eigenvalue weighted by molar-refractivity contribution is 7.99. The van der Waals surface area contributed by atoms with E-state index in [1.807, 2.05) is 6.92 Å². The van der Waals surface area contributed by atoms with E-state index in [0.29, 0.717) is 28.2 Å². The van der Waals surface area contributed by atoms with Gasteiger partial charge in [0.1, 0.15) is 5.00 Å². The van der Waals surface area contributed by atoms with E-state index in [4.69, 9.17) is 4.74 Å². The quantitative estimate of drug-likeness (QED) is 0.500. The van der Waals surface area contributed by atoms with Crippen molar-refractivity contribution in [1.29, 1.82) is 0 Å². The number of carbonyl (C=O) groups is 2. The van der Waals surface area contributed by atoms with Crippen LogP contribution in [0.1, 0.15) is 48.0 Å². The Morgan fingerprint density at radius 1 is 1.37 bits per heavy atom. The number of ether oxygens (including phenoxy) is 1. The van der Waals surface area contributed by atoms with Gasteiger partial charge in [-0.1, -0.05) is 32.0 Å². The molecule has 1 atom stereocenters. The molecule has 1 amide bonds. The van der Waals surface area contributed by atoms with E-state index in [1.165, 1.54) is 27.8 Å². The molecule has 2 aromatic rings. The fourth-order valence-corrected chi connectivity index (χ4v) is 4.20. The highest BCUT2D eigenvalue weighted by Gasteiger charge is 2.25. The number of tetrazole rings is 1. The molecule has 0 saturated heterocycles. The van der Waals surface area contributed by atoms with Crippen LogP contribution in [-0.2, 0) is 23.0 Å². The lowest BCUT2D eigenvalue weighted by Crippen LogP contribution is -2.17. The van der Waals surface area contributed by atoms with Crippen LogP contribution in [0.2, 0.25) is 0 Å². The predicted molar refractivity (Wildman–Crippen MR) is 106 cm³/mol. The summed E-state index contributed by atoms with van der Waals surface area (Å²) in [6, 6.07) is 0. The number of aromatic nitrogens is 4. The van der Waals surface area contributed by atoms with E-state index >= 15 is 0 Å². The molecule has 27 heavy (non-hydrogen) atoms. The summed E-state index contributed by atoms with van der Waals surface area (Å²) in [7, 11) is 1.71. The minimum absolute atomic E-state index is 0.147. The van der Waals surface area contributed by atoms with Gasteiger partial charge < -0.3 is 10.1 Å². The van der Waals surface area contributed by atoms with Crippen LogP contribution >= 0.6 is 23.1 Å². The average molecular weight is 412 g/mol. The van der Waals surface area contributed by atoms with E-state index in [9.17, 15) is 9.59 Å². The van der Waals surface area contributed by atoms with Crippen LogP contribution < -0.4 is 5.32 Å². The van der Waals surface area contributed by atoms with Crippen molar-refractivity contribution in [2.75, 3.05) is 17.7 Å². The molecule has 0 bridgehead atoms. The van der Waals surface area contributed by atoms with Gasteiger partial charge in [-0.3, -0.25) is 4.79 Å².